The topological polar surface area (TPSA) is 49.3 Å². The molecule has 0 spiro atoms. The lowest BCUT2D eigenvalue weighted by Gasteiger charge is -2.11. The highest BCUT2D eigenvalue weighted by Crippen LogP contribution is 2.28. The van der Waals surface area contributed by atoms with Gasteiger partial charge in [0.25, 0.3) is 0 Å². The third-order valence-electron chi connectivity index (χ3n) is 3.30. The van der Waals surface area contributed by atoms with Crippen molar-refractivity contribution >= 4 is 27.6 Å². The Morgan fingerprint density at radius 3 is 2.00 bits per heavy atom. The smallest absolute Gasteiger partial charge is 0.404 e. The van der Waals surface area contributed by atoms with Crippen LogP contribution in [0.1, 0.15) is 5.56 Å². The van der Waals surface area contributed by atoms with Crippen LogP contribution in [0.2, 0.25) is 0 Å². The summed E-state index contributed by atoms with van der Waals surface area (Å²) in [5, 5.41) is 15.7. The number of carboxylic acid groups (broad SMARTS) is 1. The summed E-state index contributed by atoms with van der Waals surface area (Å²) in [6.07, 6.45) is -1.00. The molecule has 0 aliphatic heterocycles. The third kappa shape index (κ3) is 2.10. The molecule has 0 radical (unpaired) electrons. The predicted molar refractivity (Wildman–Crippen MR) is 76.3 cm³/mol. The normalized spacial score (nSPS) is 10.7. The fourth-order valence-electron chi connectivity index (χ4n) is 2.46. The van der Waals surface area contributed by atoms with Crippen LogP contribution in [0.4, 0.5) is 4.79 Å². The number of amides is 1. The number of rotatable bonds is 2. The van der Waals surface area contributed by atoms with Gasteiger partial charge in [0, 0.05) is 6.54 Å². The molecule has 3 heteroatoms. The van der Waals surface area contributed by atoms with Gasteiger partial charge in [-0.05, 0) is 33.2 Å². The van der Waals surface area contributed by atoms with E-state index in [2.05, 4.69) is 11.4 Å². The second-order valence-electron chi connectivity index (χ2n) is 4.46. The zero-order valence-corrected chi connectivity index (χ0v) is 10.3. The van der Waals surface area contributed by atoms with Crippen LogP contribution < -0.4 is 5.32 Å². The molecule has 0 fully saturated rings. The van der Waals surface area contributed by atoms with Gasteiger partial charge in [0.15, 0.2) is 0 Å². The highest BCUT2D eigenvalue weighted by atomic mass is 16.4. The summed E-state index contributed by atoms with van der Waals surface area (Å²) in [6, 6.07) is 18.2. The Morgan fingerprint density at radius 1 is 0.947 bits per heavy atom. The number of carbonyl (C=O) groups is 1. The Labute approximate surface area is 110 Å². The number of nitrogens with one attached hydrogen (secondary N) is 1. The summed E-state index contributed by atoms with van der Waals surface area (Å²) >= 11 is 0. The second-order valence-corrected chi connectivity index (χ2v) is 4.46. The van der Waals surface area contributed by atoms with Gasteiger partial charge in [-0.25, -0.2) is 4.79 Å². The summed E-state index contributed by atoms with van der Waals surface area (Å²) in [5.74, 6) is 0. The molecule has 0 atom stereocenters. The zero-order valence-electron chi connectivity index (χ0n) is 10.3. The van der Waals surface area contributed by atoms with E-state index < -0.39 is 6.09 Å². The Kier molecular flexibility index (Phi) is 2.80. The number of hydrogen-bond acceptors (Lipinski definition) is 1. The number of benzene rings is 3. The molecule has 0 bridgehead atoms. The van der Waals surface area contributed by atoms with E-state index in [1.165, 1.54) is 0 Å². The van der Waals surface area contributed by atoms with Crippen LogP contribution in [-0.4, -0.2) is 11.2 Å². The van der Waals surface area contributed by atoms with Gasteiger partial charge >= 0.3 is 6.09 Å². The minimum absolute atomic E-state index is 0.317. The lowest BCUT2D eigenvalue weighted by atomic mass is 9.97. The van der Waals surface area contributed by atoms with Crippen molar-refractivity contribution in [1.29, 1.82) is 0 Å². The van der Waals surface area contributed by atoms with E-state index in [0.29, 0.717) is 6.54 Å². The monoisotopic (exact) mass is 251 g/mol. The summed E-state index contributed by atoms with van der Waals surface area (Å²) in [6.45, 7) is 0.317. The first-order chi connectivity index (χ1) is 9.25. The van der Waals surface area contributed by atoms with Gasteiger partial charge in [0.2, 0.25) is 0 Å². The van der Waals surface area contributed by atoms with Crippen molar-refractivity contribution in [1.82, 2.24) is 5.32 Å². The lowest BCUT2D eigenvalue weighted by Crippen LogP contribution is -2.20. The Morgan fingerprint density at radius 2 is 1.47 bits per heavy atom. The molecule has 0 aromatic heterocycles. The lowest BCUT2D eigenvalue weighted by molar-refractivity contribution is 0.194. The first kappa shape index (κ1) is 11.5. The molecule has 3 nitrogen and oxygen atoms in total. The first-order valence-electron chi connectivity index (χ1n) is 6.12. The van der Waals surface area contributed by atoms with E-state index in [1.807, 2.05) is 48.5 Å². The van der Waals surface area contributed by atoms with E-state index in [-0.39, 0.29) is 0 Å². The average molecular weight is 251 g/mol. The van der Waals surface area contributed by atoms with Gasteiger partial charge in [0.05, 0.1) is 0 Å². The molecule has 2 N–H and O–H groups in total. The van der Waals surface area contributed by atoms with Gasteiger partial charge in [-0.1, -0.05) is 48.5 Å². The largest absolute Gasteiger partial charge is 0.465 e. The van der Waals surface area contributed by atoms with Gasteiger partial charge in [0.1, 0.15) is 0 Å². The van der Waals surface area contributed by atoms with Crippen LogP contribution in [0.25, 0.3) is 21.5 Å². The van der Waals surface area contributed by atoms with Crippen LogP contribution in [0, 0.1) is 0 Å². The van der Waals surface area contributed by atoms with Crippen LogP contribution >= 0.6 is 0 Å². The van der Waals surface area contributed by atoms with Crippen LogP contribution in [0.3, 0.4) is 0 Å². The van der Waals surface area contributed by atoms with Crippen molar-refractivity contribution in [3.05, 3.63) is 60.2 Å². The highest BCUT2D eigenvalue weighted by Gasteiger charge is 2.07. The predicted octanol–water partition coefficient (Wildman–Crippen LogP) is 3.76. The maximum Gasteiger partial charge on any atom is 0.404 e. The fraction of sp³-hybridized carbons (Fsp3) is 0.0625. The molecule has 0 aliphatic carbocycles. The Hall–Kier alpha value is -2.55. The maximum atomic E-state index is 10.7. The van der Waals surface area contributed by atoms with E-state index in [4.69, 9.17) is 5.11 Å². The molecule has 0 heterocycles. The van der Waals surface area contributed by atoms with Crippen LogP contribution in [-0.2, 0) is 6.54 Å². The van der Waals surface area contributed by atoms with Crippen LogP contribution in [0.5, 0.6) is 0 Å². The van der Waals surface area contributed by atoms with E-state index in [0.717, 1.165) is 27.1 Å². The number of hydrogen-bond donors (Lipinski definition) is 2. The van der Waals surface area contributed by atoms with Crippen molar-refractivity contribution in [2.75, 3.05) is 0 Å². The highest BCUT2D eigenvalue weighted by molar-refractivity contribution is 6.02. The Bertz CT molecular complexity index is 711. The molecule has 3 rings (SSSR count). The summed E-state index contributed by atoms with van der Waals surface area (Å²) < 4.78 is 0. The molecule has 3 aromatic rings. The zero-order chi connectivity index (χ0) is 13.2. The Balaban J connectivity index is 2.29. The summed E-state index contributed by atoms with van der Waals surface area (Å²) in [4.78, 5) is 10.7. The molecule has 3 aromatic carbocycles. The van der Waals surface area contributed by atoms with Gasteiger partial charge in [-0.2, -0.15) is 0 Å². The van der Waals surface area contributed by atoms with Crippen molar-refractivity contribution in [3.8, 4) is 0 Å². The maximum absolute atomic E-state index is 10.7. The minimum Gasteiger partial charge on any atom is -0.465 e. The van der Waals surface area contributed by atoms with E-state index in [9.17, 15) is 4.79 Å². The molecule has 0 aliphatic rings. The van der Waals surface area contributed by atoms with E-state index in [1.54, 1.807) is 0 Å². The van der Waals surface area contributed by atoms with Crippen molar-refractivity contribution in [2.24, 2.45) is 0 Å². The summed E-state index contributed by atoms with van der Waals surface area (Å²) in [7, 11) is 0. The van der Waals surface area contributed by atoms with Gasteiger partial charge in [-0.15, -0.1) is 0 Å². The molecule has 19 heavy (non-hydrogen) atoms. The minimum atomic E-state index is -1.00. The van der Waals surface area contributed by atoms with Crippen molar-refractivity contribution in [2.45, 2.75) is 6.54 Å². The standard InChI is InChI=1S/C16H13NO2/c18-16(19)17-10-15-13-7-3-1-5-11(13)9-12-6-2-4-8-14(12)15/h1-9,17H,10H2,(H,18,19). The van der Waals surface area contributed by atoms with Gasteiger partial charge in [-0.3, -0.25) is 0 Å². The second kappa shape index (κ2) is 4.61. The van der Waals surface area contributed by atoms with Crippen LogP contribution in [0.15, 0.2) is 54.6 Å². The molecule has 94 valence electrons. The first-order valence-corrected chi connectivity index (χ1v) is 6.12. The SMILES string of the molecule is O=C(O)NCc1c2ccccc2cc2ccccc12. The average Bonchev–Trinajstić information content (AvgIpc) is 2.43. The molecule has 0 unspecified atom stereocenters. The molecule has 0 saturated carbocycles. The molecular formula is C16H13NO2. The summed E-state index contributed by atoms with van der Waals surface area (Å²) in [5.41, 5.74) is 1.02. The number of fused-ring (bicyclic) bond motifs is 2. The fourth-order valence-corrected chi connectivity index (χ4v) is 2.46. The molecule has 1 amide bonds. The molecular weight excluding hydrogens is 238 g/mol. The van der Waals surface area contributed by atoms with Crippen molar-refractivity contribution in [3.63, 3.8) is 0 Å². The van der Waals surface area contributed by atoms with E-state index >= 15 is 0 Å². The quantitative estimate of drug-likeness (QED) is 0.681. The molecule has 0 saturated heterocycles. The van der Waals surface area contributed by atoms with Gasteiger partial charge < -0.3 is 10.4 Å². The van der Waals surface area contributed by atoms with Crippen molar-refractivity contribution < 1.29 is 9.90 Å². The third-order valence-corrected chi connectivity index (χ3v) is 3.30.